The van der Waals surface area contributed by atoms with Crippen LogP contribution < -0.4 is 0 Å². The van der Waals surface area contributed by atoms with Crippen LogP contribution in [-0.4, -0.2) is 72.5 Å². The molecule has 6 heteroatoms. The molecule has 6 nitrogen and oxygen atoms in total. The van der Waals surface area contributed by atoms with Crippen molar-refractivity contribution in [2.24, 2.45) is 17.3 Å². The summed E-state index contributed by atoms with van der Waals surface area (Å²) in [6.45, 7) is 13.3. The number of rotatable bonds is 7. The minimum Gasteiger partial charge on any atom is -0.459 e. The zero-order valence-corrected chi connectivity index (χ0v) is 20.1. The summed E-state index contributed by atoms with van der Waals surface area (Å²) in [5.74, 6) is 0.759. The van der Waals surface area contributed by atoms with Gasteiger partial charge in [-0.3, -0.25) is 4.79 Å². The summed E-state index contributed by atoms with van der Waals surface area (Å²) in [4.78, 5) is 18.0. The Labute approximate surface area is 188 Å². The van der Waals surface area contributed by atoms with Crippen LogP contribution in [0.15, 0.2) is 11.8 Å². The van der Waals surface area contributed by atoms with Gasteiger partial charge >= 0.3 is 0 Å². The van der Waals surface area contributed by atoms with E-state index in [9.17, 15) is 9.90 Å². The van der Waals surface area contributed by atoms with Gasteiger partial charge in [-0.25, -0.2) is 0 Å². The Bertz CT molecular complexity index is 601. The van der Waals surface area contributed by atoms with Crippen LogP contribution in [0, 0.1) is 17.3 Å². The zero-order chi connectivity index (χ0) is 22.4. The lowest BCUT2D eigenvalue weighted by atomic mass is 9.70. The molecule has 1 amide bonds. The van der Waals surface area contributed by atoms with Gasteiger partial charge in [-0.2, -0.15) is 0 Å². The quantitative estimate of drug-likeness (QED) is 0.658. The Morgan fingerprint density at radius 3 is 2.42 bits per heavy atom. The van der Waals surface area contributed by atoms with Crippen molar-refractivity contribution in [3.05, 3.63) is 11.8 Å². The molecular formula is C25H44N2O4. The summed E-state index contributed by atoms with van der Waals surface area (Å²) in [6, 6.07) is 0.618. The number of ether oxygens (including phenoxy) is 2. The van der Waals surface area contributed by atoms with Crippen molar-refractivity contribution < 1.29 is 19.4 Å². The molecule has 0 bridgehead atoms. The lowest BCUT2D eigenvalue weighted by Gasteiger charge is -2.44. The average Bonchev–Trinajstić information content (AvgIpc) is 2.77. The number of allylic oxidation sites excluding steroid dienone is 1. The third-order valence-corrected chi connectivity index (χ3v) is 7.28. The number of likely N-dealkylation sites (tertiary alicyclic amines) is 2. The van der Waals surface area contributed by atoms with Crippen LogP contribution in [0.4, 0.5) is 0 Å². The molecule has 0 saturated carbocycles. The molecule has 0 unspecified atom stereocenters. The maximum absolute atomic E-state index is 13.4. The molecular weight excluding hydrogens is 392 g/mol. The largest absolute Gasteiger partial charge is 0.459 e. The number of hydrogen-bond donors (Lipinski definition) is 1. The van der Waals surface area contributed by atoms with Gasteiger partial charge in [0.2, 0.25) is 6.29 Å². The maximum atomic E-state index is 13.4. The molecule has 0 aromatic rings. The minimum atomic E-state index is -0.435. The van der Waals surface area contributed by atoms with Gasteiger partial charge in [0.05, 0.1) is 0 Å². The van der Waals surface area contributed by atoms with Crippen molar-refractivity contribution in [2.45, 2.75) is 85.0 Å². The molecule has 3 heterocycles. The van der Waals surface area contributed by atoms with E-state index < -0.39 is 6.29 Å². The van der Waals surface area contributed by atoms with E-state index in [-0.39, 0.29) is 29.8 Å². The van der Waals surface area contributed by atoms with E-state index in [1.165, 1.54) is 32.4 Å². The fourth-order valence-electron chi connectivity index (χ4n) is 5.56. The summed E-state index contributed by atoms with van der Waals surface area (Å²) in [5, 5.41) is 9.37. The Morgan fingerprint density at radius 2 is 1.84 bits per heavy atom. The fourth-order valence-corrected chi connectivity index (χ4v) is 5.56. The second-order valence-corrected chi connectivity index (χ2v) is 10.5. The Kier molecular flexibility index (Phi) is 8.82. The van der Waals surface area contributed by atoms with Gasteiger partial charge in [-0.05, 0) is 75.9 Å². The topological polar surface area (TPSA) is 62.2 Å². The highest BCUT2D eigenvalue weighted by atomic mass is 16.7. The Hall–Kier alpha value is -1.11. The van der Waals surface area contributed by atoms with Crippen LogP contribution in [0.5, 0.6) is 0 Å². The summed E-state index contributed by atoms with van der Waals surface area (Å²) >= 11 is 0. The number of nitrogens with zero attached hydrogens (tertiary/aromatic N) is 2. The molecule has 0 spiro atoms. The summed E-state index contributed by atoms with van der Waals surface area (Å²) in [5.41, 5.74) is -0.0218. The van der Waals surface area contributed by atoms with Gasteiger partial charge in [0.25, 0.3) is 5.91 Å². The number of hydrogen-bond acceptors (Lipinski definition) is 5. The van der Waals surface area contributed by atoms with Gasteiger partial charge < -0.3 is 24.4 Å². The fraction of sp³-hybridized carbons (Fsp3) is 0.880. The first kappa shape index (κ1) is 24.5. The third-order valence-electron chi connectivity index (χ3n) is 7.28. The van der Waals surface area contributed by atoms with Crippen molar-refractivity contribution in [1.82, 2.24) is 9.80 Å². The first-order chi connectivity index (χ1) is 14.8. The first-order valence-corrected chi connectivity index (χ1v) is 12.5. The van der Waals surface area contributed by atoms with E-state index in [2.05, 4.69) is 31.7 Å². The van der Waals surface area contributed by atoms with Gasteiger partial charge in [0, 0.05) is 38.3 Å². The van der Waals surface area contributed by atoms with Crippen molar-refractivity contribution >= 4 is 5.91 Å². The normalized spacial score (nSPS) is 28.9. The average molecular weight is 437 g/mol. The number of aliphatic hydroxyl groups excluding tert-OH is 1. The first-order valence-electron chi connectivity index (χ1n) is 12.5. The maximum Gasteiger partial charge on any atom is 0.288 e. The highest BCUT2D eigenvalue weighted by Gasteiger charge is 2.43. The van der Waals surface area contributed by atoms with Gasteiger partial charge in [-0.15, -0.1) is 0 Å². The van der Waals surface area contributed by atoms with E-state index in [0.717, 1.165) is 32.4 Å². The van der Waals surface area contributed by atoms with Crippen molar-refractivity contribution in [3.8, 4) is 0 Å². The Balaban J connectivity index is 1.69. The van der Waals surface area contributed by atoms with E-state index in [0.29, 0.717) is 24.8 Å². The molecule has 3 aliphatic heterocycles. The number of amides is 1. The third kappa shape index (κ3) is 6.23. The molecule has 3 rings (SSSR count). The SMILES string of the molecule is CCO[C@@H]1OC(C(=O)N2CCC(N3CCCCC3)CC2)=C[C@H](C(C)(C)C)[C@H]1CCCO. The van der Waals surface area contributed by atoms with E-state index in [1.54, 1.807) is 0 Å². The minimum absolute atomic E-state index is 0.0108. The van der Waals surface area contributed by atoms with Crippen LogP contribution in [0.25, 0.3) is 0 Å². The summed E-state index contributed by atoms with van der Waals surface area (Å²) < 4.78 is 12.1. The molecule has 0 aromatic carbocycles. The molecule has 3 aliphatic rings. The summed E-state index contributed by atoms with van der Waals surface area (Å²) in [7, 11) is 0. The smallest absolute Gasteiger partial charge is 0.288 e. The van der Waals surface area contributed by atoms with Crippen LogP contribution >= 0.6 is 0 Å². The molecule has 2 fully saturated rings. The van der Waals surface area contributed by atoms with Crippen LogP contribution in [0.3, 0.4) is 0 Å². The molecule has 0 aromatic heterocycles. The highest BCUT2D eigenvalue weighted by molar-refractivity contribution is 5.91. The predicted molar refractivity (Wildman–Crippen MR) is 122 cm³/mol. The molecule has 178 valence electrons. The van der Waals surface area contributed by atoms with Crippen LogP contribution in [-0.2, 0) is 14.3 Å². The Morgan fingerprint density at radius 1 is 1.16 bits per heavy atom. The molecule has 1 N–H and O–H groups in total. The number of carbonyl (C=O) groups excluding carboxylic acids is 1. The number of aliphatic hydroxyl groups is 1. The van der Waals surface area contributed by atoms with Gasteiger partial charge in [0.15, 0.2) is 5.76 Å². The molecule has 0 aliphatic carbocycles. The number of piperidine rings is 2. The van der Waals surface area contributed by atoms with Crippen LogP contribution in [0.1, 0.15) is 72.6 Å². The van der Waals surface area contributed by atoms with Crippen molar-refractivity contribution in [1.29, 1.82) is 0 Å². The molecule has 0 radical (unpaired) electrons. The van der Waals surface area contributed by atoms with Gasteiger partial charge in [0.1, 0.15) is 0 Å². The standard InChI is InChI=1S/C25H44N2O4/c1-5-30-24-20(10-9-17-28)21(25(2,3)4)18-22(31-24)23(29)27-15-11-19(12-16-27)26-13-7-6-8-14-26/h18-21,24,28H,5-17H2,1-4H3/t20-,21+,24-/m1/s1. The van der Waals surface area contributed by atoms with E-state index >= 15 is 0 Å². The van der Waals surface area contributed by atoms with Crippen molar-refractivity contribution in [3.63, 3.8) is 0 Å². The predicted octanol–water partition coefficient (Wildman–Crippen LogP) is 3.79. The summed E-state index contributed by atoms with van der Waals surface area (Å²) in [6.07, 6.45) is 9.23. The second kappa shape index (κ2) is 11.2. The molecule has 2 saturated heterocycles. The van der Waals surface area contributed by atoms with E-state index in [4.69, 9.17) is 9.47 Å². The lowest BCUT2D eigenvalue weighted by Crippen LogP contribution is -2.49. The van der Waals surface area contributed by atoms with Gasteiger partial charge in [-0.1, -0.05) is 27.2 Å². The van der Waals surface area contributed by atoms with Crippen molar-refractivity contribution in [2.75, 3.05) is 39.4 Å². The second-order valence-electron chi connectivity index (χ2n) is 10.5. The highest BCUT2D eigenvalue weighted by Crippen LogP contribution is 2.43. The molecule has 3 atom stereocenters. The lowest BCUT2D eigenvalue weighted by molar-refractivity contribution is -0.182. The zero-order valence-electron chi connectivity index (χ0n) is 20.1. The monoisotopic (exact) mass is 436 g/mol. The number of carbonyl (C=O) groups is 1. The van der Waals surface area contributed by atoms with Crippen LogP contribution in [0.2, 0.25) is 0 Å². The molecule has 31 heavy (non-hydrogen) atoms. The van der Waals surface area contributed by atoms with E-state index in [1.807, 2.05) is 11.8 Å².